The van der Waals surface area contributed by atoms with E-state index in [1.54, 1.807) is 7.11 Å². The number of nitrogens with one attached hydrogen (secondary N) is 1. The van der Waals surface area contributed by atoms with E-state index in [-0.39, 0.29) is 5.54 Å². The maximum Gasteiger partial charge on any atom is 0.119 e. The fourth-order valence-corrected chi connectivity index (χ4v) is 3.46. The number of hydrogen-bond acceptors (Lipinski definition) is 3. The molecule has 0 aliphatic rings. The molecule has 21 heavy (non-hydrogen) atoms. The van der Waals surface area contributed by atoms with Gasteiger partial charge in [-0.05, 0) is 63.7 Å². The van der Waals surface area contributed by atoms with E-state index in [1.807, 2.05) is 0 Å². The predicted octanol–water partition coefficient (Wildman–Crippen LogP) is 3.77. The molecule has 3 nitrogen and oxygen atoms in total. The Bertz CT molecular complexity index is 443. The summed E-state index contributed by atoms with van der Waals surface area (Å²) in [6.07, 6.45) is 1.10. The summed E-state index contributed by atoms with van der Waals surface area (Å²) in [6.45, 7) is 13.4. The van der Waals surface area contributed by atoms with E-state index in [1.165, 1.54) is 11.1 Å². The molecule has 1 rings (SSSR count). The van der Waals surface area contributed by atoms with Crippen LogP contribution in [0, 0.1) is 6.92 Å². The van der Waals surface area contributed by atoms with Gasteiger partial charge in [0.05, 0.1) is 13.2 Å². The van der Waals surface area contributed by atoms with E-state index in [9.17, 15) is 0 Å². The van der Waals surface area contributed by atoms with Gasteiger partial charge in [0.25, 0.3) is 0 Å². The number of nitrogens with zero attached hydrogens (tertiary/aromatic N) is 1. The first-order valence-corrected chi connectivity index (χ1v) is 8.05. The van der Waals surface area contributed by atoms with Crippen molar-refractivity contribution in [1.29, 1.82) is 0 Å². The quantitative estimate of drug-likeness (QED) is 0.789. The lowest BCUT2D eigenvalue weighted by Gasteiger charge is -2.46. The van der Waals surface area contributed by atoms with E-state index in [2.05, 4.69) is 70.1 Å². The molecule has 0 saturated carbocycles. The SMILES string of the molecule is CCN(CC)C(C)(CC)C(NC)c1ccc(OC)cc1C. The van der Waals surface area contributed by atoms with Crippen molar-refractivity contribution in [3.63, 3.8) is 0 Å². The van der Waals surface area contributed by atoms with Gasteiger partial charge in [-0.2, -0.15) is 0 Å². The standard InChI is InChI=1S/C18H32N2O/c1-8-18(5,20(9-2)10-3)17(19-6)16-12-11-15(21-7)13-14(16)4/h11-13,17,19H,8-10H2,1-7H3. The Morgan fingerprint density at radius 2 is 1.86 bits per heavy atom. The fourth-order valence-electron chi connectivity index (χ4n) is 3.46. The Morgan fingerprint density at radius 3 is 2.24 bits per heavy atom. The number of aryl methyl sites for hydroxylation is 1. The summed E-state index contributed by atoms with van der Waals surface area (Å²) in [4.78, 5) is 2.55. The number of methoxy groups -OCH3 is 1. The summed E-state index contributed by atoms with van der Waals surface area (Å²) in [7, 11) is 3.78. The van der Waals surface area contributed by atoms with Crippen molar-refractivity contribution in [2.75, 3.05) is 27.2 Å². The molecule has 0 spiro atoms. The summed E-state index contributed by atoms with van der Waals surface area (Å²) in [6, 6.07) is 6.68. The Balaban J connectivity index is 3.27. The Hall–Kier alpha value is -1.06. The minimum Gasteiger partial charge on any atom is -0.497 e. The summed E-state index contributed by atoms with van der Waals surface area (Å²) in [5.41, 5.74) is 2.73. The topological polar surface area (TPSA) is 24.5 Å². The van der Waals surface area contributed by atoms with E-state index < -0.39 is 0 Å². The smallest absolute Gasteiger partial charge is 0.119 e. The highest BCUT2D eigenvalue weighted by Gasteiger charge is 2.37. The van der Waals surface area contributed by atoms with Crippen molar-refractivity contribution in [3.8, 4) is 5.75 Å². The summed E-state index contributed by atoms with van der Waals surface area (Å²) >= 11 is 0. The van der Waals surface area contributed by atoms with Gasteiger partial charge in [0.15, 0.2) is 0 Å². The van der Waals surface area contributed by atoms with Crippen LogP contribution in [0.2, 0.25) is 0 Å². The largest absolute Gasteiger partial charge is 0.497 e. The summed E-state index contributed by atoms with van der Waals surface area (Å²) < 4.78 is 5.33. The zero-order valence-corrected chi connectivity index (χ0v) is 14.8. The minimum absolute atomic E-state index is 0.0948. The highest BCUT2D eigenvalue weighted by Crippen LogP contribution is 2.36. The lowest BCUT2D eigenvalue weighted by molar-refractivity contribution is 0.0726. The third-order valence-corrected chi connectivity index (χ3v) is 4.90. The third-order valence-electron chi connectivity index (χ3n) is 4.90. The second-order valence-corrected chi connectivity index (χ2v) is 5.83. The van der Waals surface area contributed by atoms with Crippen LogP contribution in [0.4, 0.5) is 0 Å². The average Bonchev–Trinajstić information content (AvgIpc) is 2.50. The van der Waals surface area contributed by atoms with Gasteiger partial charge >= 0.3 is 0 Å². The van der Waals surface area contributed by atoms with Gasteiger partial charge < -0.3 is 10.1 Å². The highest BCUT2D eigenvalue weighted by molar-refractivity contribution is 5.38. The van der Waals surface area contributed by atoms with Crippen molar-refractivity contribution < 1.29 is 4.74 Å². The van der Waals surface area contributed by atoms with Gasteiger partial charge in [-0.25, -0.2) is 0 Å². The Morgan fingerprint density at radius 1 is 1.24 bits per heavy atom. The van der Waals surface area contributed by atoms with Gasteiger partial charge in [0.2, 0.25) is 0 Å². The molecule has 0 saturated heterocycles. The fraction of sp³-hybridized carbons (Fsp3) is 0.667. The van der Waals surface area contributed by atoms with E-state index in [0.717, 1.165) is 25.3 Å². The molecule has 0 heterocycles. The first-order chi connectivity index (χ1) is 9.98. The third kappa shape index (κ3) is 3.58. The lowest BCUT2D eigenvalue weighted by atomic mass is 9.81. The second kappa shape index (κ2) is 7.81. The van der Waals surface area contributed by atoms with Crippen molar-refractivity contribution in [2.24, 2.45) is 0 Å². The number of likely N-dealkylation sites (N-methyl/N-ethyl adjacent to an activating group) is 2. The molecule has 1 aromatic carbocycles. The molecule has 3 heteroatoms. The van der Waals surface area contributed by atoms with Gasteiger partial charge in [0.1, 0.15) is 5.75 Å². The van der Waals surface area contributed by atoms with Crippen LogP contribution in [0.25, 0.3) is 0 Å². The van der Waals surface area contributed by atoms with Gasteiger partial charge in [-0.15, -0.1) is 0 Å². The zero-order chi connectivity index (χ0) is 16.0. The maximum atomic E-state index is 5.33. The average molecular weight is 292 g/mol. The maximum absolute atomic E-state index is 5.33. The van der Waals surface area contributed by atoms with E-state index in [4.69, 9.17) is 4.74 Å². The molecular formula is C18H32N2O. The molecule has 0 aliphatic heterocycles. The van der Waals surface area contributed by atoms with Crippen molar-refractivity contribution in [1.82, 2.24) is 10.2 Å². The Kier molecular flexibility index (Phi) is 6.69. The van der Waals surface area contributed by atoms with Gasteiger partial charge in [-0.1, -0.05) is 26.8 Å². The number of benzene rings is 1. The normalized spacial score (nSPS) is 15.8. The Labute approximate surface area is 130 Å². The molecule has 0 amide bonds. The lowest BCUT2D eigenvalue weighted by Crippen LogP contribution is -2.53. The molecule has 1 N–H and O–H groups in total. The molecule has 1 aromatic rings. The zero-order valence-electron chi connectivity index (χ0n) is 14.8. The molecule has 2 unspecified atom stereocenters. The summed E-state index contributed by atoms with van der Waals surface area (Å²) in [5, 5.41) is 3.55. The minimum atomic E-state index is 0.0948. The monoisotopic (exact) mass is 292 g/mol. The van der Waals surface area contributed by atoms with Crippen molar-refractivity contribution >= 4 is 0 Å². The van der Waals surface area contributed by atoms with Crippen molar-refractivity contribution in [3.05, 3.63) is 29.3 Å². The summed E-state index contributed by atoms with van der Waals surface area (Å²) in [5.74, 6) is 0.923. The van der Waals surface area contributed by atoms with Crippen LogP contribution in [-0.2, 0) is 0 Å². The number of rotatable bonds is 8. The molecule has 2 atom stereocenters. The molecule has 120 valence electrons. The predicted molar refractivity (Wildman–Crippen MR) is 91.1 cm³/mol. The molecule has 0 aliphatic carbocycles. The molecule has 0 fully saturated rings. The molecule has 0 bridgehead atoms. The van der Waals surface area contributed by atoms with Crippen LogP contribution in [0.15, 0.2) is 18.2 Å². The van der Waals surface area contributed by atoms with E-state index >= 15 is 0 Å². The molecular weight excluding hydrogens is 260 g/mol. The second-order valence-electron chi connectivity index (χ2n) is 5.83. The number of ether oxygens (including phenoxy) is 1. The van der Waals surface area contributed by atoms with Crippen LogP contribution in [0.3, 0.4) is 0 Å². The molecule has 0 radical (unpaired) electrons. The first-order valence-electron chi connectivity index (χ1n) is 8.05. The van der Waals surface area contributed by atoms with Crippen LogP contribution < -0.4 is 10.1 Å². The van der Waals surface area contributed by atoms with Crippen molar-refractivity contribution in [2.45, 2.75) is 52.6 Å². The van der Waals surface area contributed by atoms with E-state index in [0.29, 0.717) is 6.04 Å². The van der Waals surface area contributed by atoms with Crippen LogP contribution in [0.5, 0.6) is 5.75 Å². The van der Waals surface area contributed by atoms with Crippen LogP contribution in [-0.4, -0.2) is 37.7 Å². The highest BCUT2D eigenvalue weighted by atomic mass is 16.5. The van der Waals surface area contributed by atoms with Gasteiger partial charge in [0, 0.05) is 5.54 Å². The molecule has 0 aromatic heterocycles. The number of hydrogen-bond donors (Lipinski definition) is 1. The first kappa shape index (κ1) is 18.0. The van der Waals surface area contributed by atoms with Gasteiger partial charge in [-0.3, -0.25) is 4.90 Å². The van der Waals surface area contributed by atoms with Crippen LogP contribution in [0.1, 0.15) is 51.3 Å². The van der Waals surface area contributed by atoms with Crippen LogP contribution >= 0.6 is 0 Å².